The minimum absolute atomic E-state index is 0.194. The third-order valence-corrected chi connectivity index (χ3v) is 1.80. The molecule has 1 unspecified atom stereocenters. The number of nitrogens with zero attached hydrogens (tertiary/aromatic N) is 1. The molecule has 0 aliphatic carbocycles. The maximum Gasteiger partial charge on any atom is 0.298 e. The van der Waals surface area contributed by atoms with Crippen LogP contribution in [0.3, 0.4) is 0 Å². The van der Waals surface area contributed by atoms with Gasteiger partial charge >= 0.3 is 0 Å². The predicted molar refractivity (Wildman–Crippen MR) is 53.8 cm³/mol. The first kappa shape index (κ1) is 11.3. The van der Waals surface area contributed by atoms with Crippen LogP contribution in [-0.2, 0) is 4.79 Å². The molecule has 1 aromatic carbocycles. The second-order valence-electron chi connectivity index (χ2n) is 2.69. The maximum atomic E-state index is 10.2. The predicted octanol–water partition coefficient (Wildman–Crippen LogP) is 2.17. The van der Waals surface area contributed by atoms with E-state index in [1.54, 1.807) is 13.0 Å². The Bertz CT molecular complexity index is 400. The van der Waals surface area contributed by atoms with Crippen molar-refractivity contribution in [3.63, 3.8) is 0 Å². The number of halogens is 1. The van der Waals surface area contributed by atoms with Crippen LogP contribution in [0.15, 0.2) is 18.2 Å². The molecule has 1 rings (SSSR count). The van der Waals surface area contributed by atoms with Gasteiger partial charge in [0.2, 0.25) is 0 Å². The Morgan fingerprint density at radius 2 is 2.27 bits per heavy atom. The Labute approximate surface area is 92.0 Å². The monoisotopic (exact) mass is 225 g/mol. The lowest BCUT2D eigenvalue weighted by Crippen LogP contribution is -2.09. The van der Waals surface area contributed by atoms with Crippen LogP contribution in [0, 0.1) is 11.3 Å². The summed E-state index contributed by atoms with van der Waals surface area (Å²) >= 11 is 5.71. The standard InChI is InChI=1S/C10H8ClNO3/c1-7(5-12)15-9-3-2-8(11)4-10(9)14-6-13/h2-4,6-7H,1H3. The van der Waals surface area contributed by atoms with Crippen molar-refractivity contribution in [3.8, 4) is 17.6 Å². The molecular weight excluding hydrogens is 218 g/mol. The second kappa shape index (κ2) is 5.23. The molecule has 0 heterocycles. The van der Waals surface area contributed by atoms with Gasteiger partial charge in [-0.1, -0.05) is 11.6 Å². The lowest BCUT2D eigenvalue weighted by Gasteiger charge is -2.10. The highest BCUT2D eigenvalue weighted by atomic mass is 35.5. The topological polar surface area (TPSA) is 59.3 Å². The van der Waals surface area contributed by atoms with Crippen molar-refractivity contribution in [2.75, 3.05) is 0 Å². The minimum Gasteiger partial charge on any atom is -0.472 e. The molecule has 0 saturated carbocycles. The average molecular weight is 226 g/mol. The second-order valence-corrected chi connectivity index (χ2v) is 3.13. The van der Waals surface area contributed by atoms with Gasteiger partial charge < -0.3 is 9.47 Å². The molecule has 0 radical (unpaired) electrons. The Morgan fingerprint density at radius 1 is 1.53 bits per heavy atom. The van der Waals surface area contributed by atoms with Crippen LogP contribution in [0.25, 0.3) is 0 Å². The van der Waals surface area contributed by atoms with Crippen LogP contribution in [0.5, 0.6) is 11.5 Å². The summed E-state index contributed by atoms with van der Waals surface area (Å²) < 4.78 is 9.86. The summed E-state index contributed by atoms with van der Waals surface area (Å²) in [4.78, 5) is 10.2. The molecule has 5 heteroatoms. The van der Waals surface area contributed by atoms with Gasteiger partial charge in [0.1, 0.15) is 6.07 Å². The molecule has 0 aliphatic heterocycles. The van der Waals surface area contributed by atoms with Crippen molar-refractivity contribution >= 4 is 18.1 Å². The van der Waals surface area contributed by atoms with Gasteiger partial charge in [0.15, 0.2) is 17.6 Å². The van der Waals surface area contributed by atoms with E-state index in [0.717, 1.165) is 0 Å². The van der Waals surface area contributed by atoms with E-state index in [0.29, 0.717) is 10.8 Å². The summed E-state index contributed by atoms with van der Waals surface area (Å²) in [5.41, 5.74) is 0. The molecule has 0 spiro atoms. The largest absolute Gasteiger partial charge is 0.472 e. The van der Waals surface area contributed by atoms with Gasteiger partial charge in [0.05, 0.1) is 0 Å². The Balaban J connectivity index is 2.95. The average Bonchev–Trinajstić information content (AvgIpc) is 2.22. The van der Waals surface area contributed by atoms with Crippen LogP contribution in [0.1, 0.15) is 6.92 Å². The zero-order chi connectivity index (χ0) is 11.3. The zero-order valence-corrected chi connectivity index (χ0v) is 8.69. The fourth-order valence-corrected chi connectivity index (χ4v) is 1.10. The third kappa shape index (κ3) is 3.15. The summed E-state index contributed by atoms with van der Waals surface area (Å²) in [7, 11) is 0. The smallest absolute Gasteiger partial charge is 0.298 e. The van der Waals surface area contributed by atoms with Gasteiger partial charge in [0, 0.05) is 11.1 Å². The van der Waals surface area contributed by atoms with Crippen LogP contribution >= 0.6 is 11.6 Å². The highest BCUT2D eigenvalue weighted by molar-refractivity contribution is 6.30. The SMILES string of the molecule is CC(C#N)Oc1ccc(Cl)cc1OC=O. The Hall–Kier alpha value is -1.73. The molecule has 0 N–H and O–H groups in total. The van der Waals surface area contributed by atoms with Crippen LogP contribution < -0.4 is 9.47 Å². The van der Waals surface area contributed by atoms with E-state index in [4.69, 9.17) is 21.6 Å². The van der Waals surface area contributed by atoms with Crippen molar-refractivity contribution in [1.29, 1.82) is 5.26 Å². The van der Waals surface area contributed by atoms with Crippen molar-refractivity contribution in [2.24, 2.45) is 0 Å². The lowest BCUT2D eigenvalue weighted by atomic mass is 10.3. The fourth-order valence-electron chi connectivity index (χ4n) is 0.940. The van der Waals surface area contributed by atoms with Crippen LogP contribution in [0.4, 0.5) is 0 Å². The van der Waals surface area contributed by atoms with Crippen LogP contribution in [-0.4, -0.2) is 12.6 Å². The molecule has 4 nitrogen and oxygen atoms in total. The minimum atomic E-state index is -0.625. The van der Waals surface area contributed by atoms with Crippen LogP contribution in [0.2, 0.25) is 5.02 Å². The first-order valence-corrected chi connectivity index (χ1v) is 4.51. The van der Waals surface area contributed by atoms with E-state index in [2.05, 4.69) is 4.74 Å². The number of rotatable bonds is 4. The number of nitriles is 1. The normalized spacial score (nSPS) is 11.3. The van der Waals surface area contributed by atoms with Crippen molar-refractivity contribution in [1.82, 2.24) is 0 Å². The van der Waals surface area contributed by atoms with Crippen molar-refractivity contribution in [2.45, 2.75) is 13.0 Å². The zero-order valence-electron chi connectivity index (χ0n) is 7.94. The molecule has 0 saturated heterocycles. The van der Waals surface area contributed by atoms with Gasteiger partial charge in [-0.2, -0.15) is 5.26 Å². The van der Waals surface area contributed by atoms with Crippen molar-refractivity contribution in [3.05, 3.63) is 23.2 Å². The quantitative estimate of drug-likeness (QED) is 0.737. The lowest BCUT2D eigenvalue weighted by molar-refractivity contribution is -0.120. The Kier molecular flexibility index (Phi) is 3.95. The first-order chi connectivity index (χ1) is 7.17. The maximum absolute atomic E-state index is 10.2. The molecule has 0 aliphatic rings. The van der Waals surface area contributed by atoms with Gasteiger partial charge in [-0.3, -0.25) is 4.79 Å². The number of carbonyl (C=O) groups is 1. The number of carbonyl (C=O) groups excluding carboxylic acids is 1. The number of ether oxygens (including phenoxy) is 2. The highest BCUT2D eigenvalue weighted by Gasteiger charge is 2.09. The molecule has 0 fully saturated rings. The third-order valence-electron chi connectivity index (χ3n) is 1.57. The summed E-state index contributed by atoms with van der Waals surface area (Å²) in [5.74, 6) is 0.500. The molecule has 15 heavy (non-hydrogen) atoms. The molecule has 0 bridgehead atoms. The van der Waals surface area contributed by atoms with Crippen molar-refractivity contribution < 1.29 is 14.3 Å². The highest BCUT2D eigenvalue weighted by Crippen LogP contribution is 2.30. The Morgan fingerprint density at radius 3 is 2.87 bits per heavy atom. The molecule has 0 amide bonds. The summed E-state index contributed by atoms with van der Waals surface area (Å²) in [6.07, 6.45) is -0.625. The van der Waals surface area contributed by atoms with E-state index in [-0.39, 0.29) is 12.2 Å². The number of benzene rings is 1. The molecule has 1 atom stereocenters. The summed E-state index contributed by atoms with van der Waals surface area (Å²) in [6, 6.07) is 6.46. The van der Waals surface area contributed by atoms with Gasteiger partial charge in [0.25, 0.3) is 6.47 Å². The van der Waals surface area contributed by atoms with E-state index >= 15 is 0 Å². The van der Waals surface area contributed by atoms with Gasteiger partial charge in [-0.25, -0.2) is 0 Å². The van der Waals surface area contributed by atoms with E-state index in [1.165, 1.54) is 12.1 Å². The first-order valence-electron chi connectivity index (χ1n) is 4.13. The number of hydrogen-bond acceptors (Lipinski definition) is 4. The number of hydrogen-bond donors (Lipinski definition) is 0. The summed E-state index contributed by atoms with van der Waals surface area (Å²) in [5, 5.41) is 8.98. The molecular formula is C10H8ClNO3. The molecule has 1 aromatic rings. The molecule has 0 aromatic heterocycles. The fraction of sp³-hybridized carbons (Fsp3) is 0.200. The van der Waals surface area contributed by atoms with Gasteiger partial charge in [-0.15, -0.1) is 0 Å². The van der Waals surface area contributed by atoms with Gasteiger partial charge in [-0.05, 0) is 19.1 Å². The van der Waals surface area contributed by atoms with E-state index in [9.17, 15) is 4.79 Å². The molecule has 78 valence electrons. The van der Waals surface area contributed by atoms with E-state index < -0.39 is 6.10 Å². The van der Waals surface area contributed by atoms with E-state index in [1.807, 2.05) is 6.07 Å². The summed E-state index contributed by atoms with van der Waals surface area (Å²) in [6.45, 7) is 1.86.